The molecule has 3 aromatic carbocycles. The quantitative estimate of drug-likeness (QED) is 0.0724. The van der Waals surface area contributed by atoms with E-state index in [2.05, 4.69) is 97.9 Å². The summed E-state index contributed by atoms with van der Waals surface area (Å²) in [4.78, 5) is 0. The van der Waals surface area contributed by atoms with E-state index in [4.69, 9.17) is 29.1 Å². The summed E-state index contributed by atoms with van der Waals surface area (Å²) in [5.41, 5.74) is 0. The first-order valence-corrected chi connectivity index (χ1v) is 28.9. The number of benzene rings is 3. The molecule has 0 saturated carbocycles. The van der Waals surface area contributed by atoms with Gasteiger partial charge in [-0.2, -0.15) is 0 Å². The van der Waals surface area contributed by atoms with E-state index in [1.807, 2.05) is 0 Å². The normalized spacial score (nSPS) is 11.1. The first-order valence-electron chi connectivity index (χ1n) is 15.2. The SMILES string of the molecule is CCCCCCCCCCCCCCCC[P+](c1ccccc1)(c1ccccc1)c1ccccc1.[Cl][Zn-]([Cl])[Cl]. The molecule has 0 bridgehead atoms. The topological polar surface area (TPSA) is 0 Å². The Bertz CT molecular complexity index is 855. The van der Waals surface area contributed by atoms with E-state index < -0.39 is 20.2 Å². The molecule has 39 heavy (non-hydrogen) atoms. The Balaban J connectivity index is 0.00000124. The van der Waals surface area contributed by atoms with Crippen molar-refractivity contribution < 1.29 is 13.0 Å². The van der Waals surface area contributed by atoms with Gasteiger partial charge in [-0.25, -0.2) is 0 Å². The second-order valence-electron chi connectivity index (χ2n) is 10.4. The van der Waals surface area contributed by atoms with Crippen molar-refractivity contribution in [3.05, 3.63) is 91.0 Å². The molecule has 0 unspecified atom stereocenters. The Morgan fingerprint density at radius 1 is 0.436 bits per heavy atom. The minimum atomic E-state index is -2.21. The minimum absolute atomic E-state index is 1.27. The predicted molar refractivity (Wildman–Crippen MR) is 178 cm³/mol. The number of halogens is 3. The zero-order valence-corrected chi connectivity index (χ0v) is 30.2. The Kier molecular flexibility index (Phi) is 19.8. The average Bonchev–Trinajstić information content (AvgIpc) is 2.96. The van der Waals surface area contributed by atoms with E-state index in [9.17, 15) is 0 Å². The summed E-state index contributed by atoms with van der Waals surface area (Å²) < 4.78 is 0. The molecule has 0 fully saturated rings. The van der Waals surface area contributed by atoms with Crippen molar-refractivity contribution in [2.45, 2.75) is 96.8 Å². The summed E-state index contributed by atoms with van der Waals surface area (Å²) in [6.07, 6.45) is 21.0. The fourth-order valence-electron chi connectivity index (χ4n) is 5.43. The van der Waals surface area contributed by atoms with Crippen molar-refractivity contribution in [3.63, 3.8) is 0 Å². The van der Waals surface area contributed by atoms with Crippen LogP contribution in [0.4, 0.5) is 0 Å². The molecule has 0 aliphatic rings. The van der Waals surface area contributed by atoms with Crippen molar-refractivity contribution in [1.82, 2.24) is 0 Å². The molecule has 0 aliphatic heterocycles. The van der Waals surface area contributed by atoms with Gasteiger partial charge in [0, 0.05) is 0 Å². The van der Waals surface area contributed by atoms with Crippen LogP contribution in [0.15, 0.2) is 91.0 Å². The average molecular weight is 659 g/mol. The second-order valence-corrected chi connectivity index (χ2v) is 27.9. The molecule has 5 heteroatoms. The molecule has 3 aromatic rings. The zero-order chi connectivity index (χ0) is 28.0. The molecule has 0 aromatic heterocycles. The molecular formula is C34H48Cl3PZn. The molecule has 0 nitrogen and oxygen atoms in total. The molecule has 0 heterocycles. The van der Waals surface area contributed by atoms with E-state index in [0.29, 0.717) is 0 Å². The van der Waals surface area contributed by atoms with Crippen LogP contribution in [-0.2, 0) is 13.0 Å². The molecule has 0 N–H and O–H groups in total. The standard InChI is InChI=1S/C34H48P.3ClH.Zn/c1-2-3-4-5-6-7-8-9-10-11-12-13-14-24-31-35(32-25-18-15-19-26-32,33-27-20-16-21-28-33)34-29-22-17-23-30-34;;;;/h15-23,25-30H,2-14,24,31H2,1H3;3*1H;/q+1;;;;+2/p-3. The summed E-state index contributed by atoms with van der Waals surface area (Å²) >= 11 is -2.21. The molecule has 0 radical (unpaired) electrons. The van der Waals surface area contributed by atoms with E-state index >= 15 is 0 Å². The predicted octanol–water partition coefficient (Wildman–Crippen LogP) is 11.5. The van der Waals surface area contributed by atoms with Gasteiger partial charge >= 0.3 is 42.1 Å². The molecule has 3 rings (SSSR count). The molecule has 0 atom stereocenters. The maximum atomic E-state index is 5.01. The van der Waals surface area contributed by atoms with Gasteiger partial charge in [0.15, 0.2) is 0 Å². The van der Waals surface area contributed by atoms with Gasteiger partial charge < -0.3 is 0 Å². The third kappa shape index (κ3) is 13.9. The van der Waals surface area contributed by atoms with Crippen LogP contribution in [0.5, 0.6) is 0 Å². The van der Waals surface area contributed by atoms with Gasteiger partial charge in [0.1, 0.15) is 23.2 Å². The molecule has 0 spiro atoms. The summed E-state index contributed by atoms with van der Waals surface area (Å²) in [6.45, 7) is 2.30. The fraction of sp³-hybridized carbons (Fsp3) is 0.471. The van der Waals surface area contributed by atoms with E-state index in [-0.39, 0.29) is 0 Å². The van der Waals surface area contributed by atoms with Crippen LogP contribution in [0, 0.1) is 0 Å². The second kappa shape index (κ2) is 22.2. The van der Waals surface area contributed by atoms with Crippen LogP contribution in [0.25, 0.3) is 0 Å². The van der Waals surface area contributed by atoms with E-state index in [1.165, 1.54) is 112 Å². The van der Waals surface area contributed by atoms with Gasteiger partial charge in [-0.3, -0.25) is 0 Å². The molecule has 0 saturated heterocycles. The van der Waals surface area contributed by atoms with Crippen LogP contribution in [0.2, 0.25) is 0 Å². The maximum absolute atomic E-state index is 5.01. The third-order valence-corrected chi connectivity index (χ3v) is 12.0. The van der Waals surface area contributed by atoms with Gasteiger partial charge in [-0.05, 0) is 49.2 Å². The van der Waals surface area contributed by atoms with Crippen molar-refractivity contribution in [2.24, 2.45) is 0 Å². The van der Waals surface area contributed by atoms with Crippen molar-refractivity contribution in [2.75, 3.05) is 6.16 Å². The van der Waals surface area contributed by atoms with Crippen molar-refractivity contribution >= 4 is 52.2 Å². The zero-order valence-electron chi connectivity index (χ0n) is 24.1. The van der Waals surface area contributed by atoms with Crippen LogP contribution in [0.1, 0.15) is 96.8 Å². The van der Waals surface area contributed by atoms with Gasteiger partial charge in [0.05, 0.1) is 6.16 Å². The monoisotopic (exact) mass is 656 g/mol. The number of unbranched alkanes of at least 4 members (excludes halogenated alkanes) is 13. The fourth-order valence-corrected chi connectivity index (χ4v) is 9.84. The Morgan fingerprint density at radius 2 is 0.692 bits per heavy atom. The van der Waals surface area contributed by atoms with Crippen LogP contribution < -0.4 is 15.9 Å². The Labute approximate surface area is 257 Å². The summed E-state index contributed by atoms with van der Waals surface area (Å²) in [6, 6.07) is 34.0. The Hall–Kier alpha value is -0.417. The van der Waals surface area contributed by atoms with Gasteiger partial charge in [-0.15, -0.1) is 0 Å². The van der Waals surface area contributed by atoms with Crippen LogP contribution >= 0.6 is 36.3 Å². The number of hydrogen-bond donors (Lipinski definition) is 0. The van der Waals surface area contributed by atoms with Gasteiger partial charge in [0.2, 0.25) is 0 Å². The molecular weight excluding hydrogens is 611 g/mol. The molecule has 212 valence electrons. The summed E-state index contributed by atoms with van der Waals surface area (Å²) in [7, 11) is 13.4. The Morgan fingerprint density at radius 3 is 0.974 bits per heavy atom. The van der Waals surface area contributed by atoms with E-state index in [1.54, 1.807) is 0 Å². The van der Waals surface area contributed by atoms with Crippen LogP contribution in [0.3, 0.4) is 0 Å². The first-order chi connectivity index (χ1) is 19.1. The molecule has 0 amide bonds. The number of rotatable bonds is 18. The van der Waals surface area contributed by atoms with E-state index in [0.717, 1.165) is 0 Å². The van der Waals surface area contributed by atoms with Gasteiger partial charge in [0.25, 0.3) is 0 Å². The number of hydrogen-bond acceptors (Lipinski definition) is 0. The summed E-state index contributed by atoms with van der Waals surface area (Å²) in [5, 5.41) is 4.56. The van der Waals surface area contributed by atoms with Crippen molar-refractivity contribution in [1.29, 1.82) is 0 Å². The molecule has 0 aliphatic carbocycles. The van der Waals surface area contributed by atoms with Crippen molar-refractivity contribution in [3.8, 4) is 0 Å². The third-order valence-electron chi connectivity index (χ3n) is 7.44. The van der Waals surface area contributed by atoms with Crippen LogP contribution in [-0.4, -0.2) is 6.16 Å². The summed E-state index contributed by atoms with van der Waals surface area (Å²) in [5.74, 6) is 0. The first kappa shape index (κ1) is 34.8. The van der Waals surface area contributed by atoms with Gasteiger partial charge in [-0.1, -0.05) is 139 Å².